The van der Waals surface area contributed by atoms with Crippen LogP contribution in [0.5, 0.6) is 0 Å². The highest BCUT2D eigenvalue weighted by Gasteiger charge is 2.13. The fourth-order valence-electron chi connectivity index (χ4n) is 3.28. The van der Waals surface area contributed by atoms with E-state index < -0.39 is 0 Å². The molecule has 0 saturated carbocycles. The van der Waals surface area contributed by atoms with Crippen molar-refractivity contribution < 1.29 is 9.15 Å². The summed E-state index contributed by atoms with van der Waals surface area (Å²) in [6, 6.07) is 2.01. The molecule has 0 aromatic carbocycles. The second kappa shape index (κ2) is 10.4. The fraction of sp³-hybridized carbons (Fsp3) is 0.650. The van der Waals surface area contributed by atoms with Crippen molar-refractivity contribution in [1.29, 1.82) is 0 Å². The molecule has 3 rings (SSSR count). The van der Waals surface area contributed by atoms with Gasteiger partial charge in [0.2, 0.25) is 0 Å². The summed E-state index contributed by atoms with van der Waals surface area (Å²) < 4.78 is 12.8. The monoisotopic (exact) mass is 403 g/mol. The van der Waals surface area contributed by atoms with Crippen molar-refractivity contribution in [3.63, 3.8) is 0 Å². The number of rotatable bonds is 8. The van der Waals surface area contributed by atoms with Crippen molar-refractivity contribution >= 4 is 5.96 Å². The first-order chi connectivity index (χ1) is 14.0. The first-order valence-electron chi connectivity index (χ1n) is 10.2. The van der Waals surface area contributed by atoms with Crippen molar-refractivity contribution in [2.75, 3.05) is 46.4 Å². The number of ether oxygens (including phenoxy) is 1. The Morgan fingerprint density at radius 1 is 1.28 bits per heavy atom. The van der Waals surface area contributed by atoms with Crippen molar-refractivity contribution in [3.8, 4) is 0 Å². The van der Waals surface area contributed by atoms with Gasteiger partial charge in [0.1, 0.15) is 18.1 Å². The molecule has 2 aromatic rings. The highest BCUT2D eigenvalue weighted by molar-refractivity contribution is 5.79. The summed E-state index contributed by atoms with van der Waals surface area (Å²) in [5, 5.41) is 11.9. The first-order valence-corrected chi connectivity index (χ1v) is 10.2. The van der Waals surface area contributed by atoms with Crippen LogP contribution in [0.2, 0.25) is 0 Å². The molecule has 1 fully saturated rings. The molecule has 1 N–H and O–H groups in total. The standard InChI is InChI=1S/C20H33N7O2/c1-16-18(6-11-29-16)15-25(3)20(22-14-19-24-23-17(2)26(19)4)21-7-5-8-27-9-12-28-13-10-27/h6,11H,5,7-10,12-15H2,1-4H3,(H,21,22). The van der Waals surface area contributed by atoms with Crippen molar-refractivity contribution in [1.82, 2.24) is 29.9 Å². The number of furan rings is 1. The first kappa shape index (κ1) is 21.3. The molecule has 0 atom stereocenters. The quantitative estimate of drug-likeness (QED) is 0.404. The third-order valence-corrected chi connectivity index (χ3v) is 5.33. The lowest BCUT2D eigenvalue weighted by Gasteiger charge is -2.27. The van der Waals surface area contributed by atoms with Gasteiger partial charge in [-0.15, -0.1) is 10.2 Å². The topological polar surface area (TPSA) is 84.0 Å². The van der Waals surface area contributed by atoms with E-state index in [1.54, 1.807) is 6.26 Å². The molecule has 1 saturated heterocycles. The van der Waals surface area contributed by atoms with Crippen LogP contribution in [0.1, 0.15) is 29.4 Å². The molecule has 0 unspecified atom stereocenters. The van der Waals surface area contributed by atoms with Gasteiger partial charge >= 0.3 is 0 Å². The van der Waals surface area contributed by atoms with Gasteiger partial charge in [-0.25, -0.2) is 4.99 Å². The van der Waals surface area contributed by atoms with Gasteiger partial charge in [-0.2, -0.15) is 0 Å². The second-order valence-electron chi connectivity index (χ2n) is 7.45. The molecule has 160 valence electrons. The SMILES string of the molecule is Cc1occc1CN(C)C(=NCc1nnc(C)n1C)NCCCN1CCOCC1. The van der Waals surface area contributed by atoms with Gasteiger partial charge in [-0.05, 0) is 32.9 Å². The van der Waals surface area contributed by atoms with E-state index in [1.165, 1.54) is 0 Å². The van der Waals surface area contributed by atoms with Gasteiger partial charge in [0, 0.05) is 45.8 Å². The van der Waals surface area contributed by atoms with Crippen LogP contribution in [0.4, 0.5) is 0 Å². The van der Waals surface area contributed by atoms with E-state index in [-0.39, 0.29) is 0 Å². The van der Waals surface area contributed by atoms with Crippen LogP contribution >= 0.6 is 0 Å². The third-order valence-electron chi connectivity index (χ3n) is 5.33. The van der Waals surface area contributed by atoms with Crippen LogP contribution in [0, 0.1) is 13.8 Å². The molecule has 9 heteroatoms. The molecule has 0 spiro atoms. The van der Waals surface area contributed by atoms with Gasteiger partial charge in [0.25, 0.3) is 0 Å². The number of aliphatic imine (C=N–C) groups is 1. The minimum absolute atomic E-state index is 0.484. The predicted octanol–water partition coefficient (Wildman–Crippen LogP) is 1.32. The molecule has 0 bridgehead atoms. The predicted molar refractivity (Wildman–Crippen MR) is 112 cm³/mol. The number of morpholine rings is 1. The number of nitrogens with one attached hydrogen (secondary N) is 1. The van der Waals surface area contributed by atoms with Gasteiger partial charge < -0.3 is 23.9 Å². The van der Waals surface area contributed by atoms with Crippen LogP contribution in [-0.4, -0.2) is 77.0 Å². The zero-order valence-electron chi connectivity index (χ0n) is 18.0. The lowest BCUT2D eigenvalue weighted by atomic mass is 10.2. The van der Waals surface area contributed by atoms with Gasteiger partial charge in [0.15, 0.2) is 11.8 Å². The Morgan fingerprint density at radius 2 is 2.07 bits per heavy atom. The summed E-state index contributed by atoms with van der Waals surface area (Å²) in [4.78, 5) is 9.37. The summed E-state index contributed by atoms with van der Waals surface area (Å²) in [5.41, 5.74) is 1.16. The summed E-state index contributed by atoms with van der Waals surface area (Å²) in [6.07, 6.45) is 2.79. The van der Waals surface area contributed by atoms with E-state index in [2.05, 4.69) is 25.3 Å². The summed E-state index contributed by atoms with van der Waals surface area (Å²) >= 11 is 0. The van der Waals surface area contributed by atoms with Gasteiger partial charge in [-0.1, -0.05) is 0 Å². The Hall–Kier alpha value is -2.39. The maximum atomic E-state index is 5.43. The molecular weight excluding hydrogens is 370 g/mol. The third kappa shape index (κ3) is 6.04. The van der Waals surface area contributed by atoms with Crippen LogP contribution in [-0.2, 0) is 24.9 Å². The number of aromatic nitrogens is 3. The van der Waals surface area contributed by atoms with Crippen molar-refractivity contribution in [2.24, 2.45) is 12.0 Å². The molecular formula is C20H33N7O2. The number of aryl methyl sites for hydroxylation is 2. The summed E-state index contributed by atoms with van der Waals surface area (Å²) in [5.74, 6) is 3.53. The Labute approximate surface area is 172 Å². The maximum absolute atomic E-state index is 5.43. The molecule has 9 nitrogen and oxygen atoms in total. The van der Waals surface area contributed by atoms with Crippen molar-refractivity contribution in [2.45, 2.75) is 33.4 Å². The second-order valence-corrected chi connectivity index (χ2v) is 7.45. The van der Waals surface area contributed by atoms with E-state index in [9.17, 15) is 0 Å². The van der Waals surface area contributed by atoms with E-state index in [0.717, 1.165) is 81.3 Å². The molecule has 1 aliphatic heterocycles. The number of hydrogen-bond donors (Lipinski definition) is 1. The van der Waals surface area contributed by atoms with E-state index >= 15 is 0 Å². The lowest BCUT2D eigenvalue weighted by Crippen LogP contribution is -2.41. The number of guanidine groups is 1. The van der Waals surface area contributed by atoms with Crippen LogP contribution < -0.4 is 5.32 Å². The fourth-order valence-corrected chi connectivity index (χ4v) is 3.28. The molecule has 0 radical (unpaired) electrons. The van der Waals surface area contributed by atoms with E-state index in [4.69, 9.17) is 14.1 Å². The van der Waals surface area contributed by atoms with E-state index in [1.807, 2.05) is 38.6 Å². The van der Waals surface area contributed by atoms with Crippen LogP contribution in [0.15, 0.2) is 21.7 Å². The Morgan fingerprint density at radius 3 is 2.72 bits per heavy atom. The minimum atomic E-state index is 0.484. The van der Waals surface area contributed by atoms with Gasteiger partial charge in [0.05, 0.1) is 19.5 Å². The average Bonchev–Trinajstić information content (AvgIpc) is 3.27. The Bertz CT molecular complexity index is 793. The summed E-state index contributed by atoms with van der Waals surface area (Å²) in [6.45, 7) is 10.8. The molecule has 3 heterocycles. The molecule has 1 aliphatic rings. The highest BCUT2D eigenvalue weighted by Crippen LogP contribution is 2.11. The normalized spacial score (nSPS) is 15.7. The summed E-state index contributed by atoms with van der Waals surface area (Å²) in [7, 11) is 4.01. The Balaban J connectivity index is 1.59. The largest absolute Gasteiger partial charge is 0.469 e. The zero-order chi connectivity index (χ0) is 20.6. The van der Waals surface area contributed by atoms with Crippen LogP contribution in [0.3, 0.4) is 0 Å². The lowest BCUT2D eigenvalue weighted by molar-refractivity contribution is 0.0375. The average molecular weight is 404 g/mol. The minimum Gasteiger partial charge on any atom is -0.469 e. The van der Waals surface area contributed by atoms with Gasteiger partial charge in [-0.3, -0.25) is 4.90 Å². The van der Waals surface area contributed by atoms with Crippen LogP contribution in [0.25, 0.3) is 0 Å². The maximum Gasteiger partial charge on any atom is 0.194 e. The molecule has 0 aliphatic carbocycles. The number of nitrogens with zero attached hydrogens (tertiary/aromatic N) is 6. The van der Waals surface area contributed by atoms with Crippen molar-refractivity contribution in [3.05, 3.63) is 35.3 Å². The zero-order valence-corrected chi connectivity index (χ0v) is 18.0. The smallest absolute Gasteiger partial charge is 0.194 e. The number of hydrogen-bond acceptors (Lipinski definition) is 6. The Kier molecular flexibility index (Phi) is 7.65. The molecule has 29 heavy (non-hydrogen) atoms. The highest BCUT2D eigenvalue weighted by atomic mass is 16.5. The molecule has 0 amide bonds. The molecule has 2 aromatic heterocycles. The van der Waals surface area contributed by atoms with E-state index in [0.29, 0.717) is 6.54 Å².